The molecular weight excluding hydrogens is 418 g/mol. The van der Waals surface area contributed by atoms with Crippen LogP contribution in [0.4, 0.5) is 0 Å². The number of likely N-dealkylation sites (tertiary alicyclic amines) is 1. The van der Waals surface area contributed by atoms with Gasteiger partial charge in [-0.15, -0.1) is 0 Å². The number of nitrogens with zero attached hydrogens (tertiary/aromatic N) is 5. The first-order valence-electron chi connectivity index (χ1n) is 11.3. The molecule has 0 radical (unpaired) electrons. The van der Waals surface area contributed by atoms with E-state index in [1.807, 2.05) is 54.9 Å². The number of piperidine rings is 1. The maximum Gasteiger partial charge on any atom is 0.276 e. The van der Waals surface area contributed by atoms with Crippen molar-refractivity contribution in [1.29, 1.82) is 0 Å². The Kier molecular flexibility index (Phi) is 5.46. The fourth-order valence-electron chi connectivity index (χ4n) is 4.32. The van der Waals surface area contributed by atoms with Gasteiger partial charge in [0.1, 0.15) is 5.76 Å². The van der Waals surface area contributed by atoms with Crippen LogP contribution in [0.5, 0.6) is 0 Å². The number of hydrogen-bond donors (Lipinski definition) is 1. The van der Waals surface area contributed by atoms with Gasteiger partial charge in [0, 0.05) is 49.2 Å². The second-order valence-electron chi connectivity index (χ2n) is 9.07. The summed E-state index contributed by atoms with van der Waals surface area (Å²) >= 11 is 0. The number of aromatic nitrogens is 4. The van der Waals surface area contributed by atoms with Crippen LogP contribution in [0.25, 0.3) is 22.3 Å². The highest BCUT2D eigenvalue weighted by Gasteiger charge is 2.35. The van der Waals surface area contributed by atoms with E-state index in [0.29, 0.717) is 43.9 Å². The van der Waals surface area contributed by atoms with Crippen molar-refractivity contribution in [2.24, 2.45) is 0 Å². The number of carbonyl (C=O) groups excluding carboxylic acids is 1. The smallest absolute Gasteiger partial charge is 0.276 e. The number of pyridine rings is 2. The molecule has 0 bridgehead atoms. The highest BCUT2D eigenvalue weighted by molar-refractivity contribution is 5.92. The average Bonchev–Trinajstić information content (AvgIpc) is 3.47. The molecule has 1 fully saturated rings. The van der Waals surface area contributed by atoms with E-state index in [2.05, 4.69) is 10.1 Å². The van der Waals surface area contributed by atoms with Crippen molar-refractivity contribution in [3.8, 4) is 11.3 Å². The minimum Gasteiger partial charge on any atom is -0.388 e. The SMILES string of the molecule is CC(C)c1cc(C(=O)N2CCC(O)(Cn3ccc4nc(-c5ccncc5)ccc43)CC2)no1. The topological polar surface area (TPSA) is 97.3 Å². The van der Waals surface area contributed by atoms with Gasteiger partial charge in [-0.05, 0) is 43.2 Å². The lowest BCUT2D eigenvalue weighted by Gasteiger charge is -2.38. The zero-order chi connectivity index (χ0) is 23.0. The van der Waals surface area contributed by atoms with E-state index in [9.17, 15) is 9.90 Å². The molecule has 170 valence electrons. The van der Waals surface area contributed by atoms with Crippen LogP contribution >= 0.6 is 0 Å². The van der Waals surface area contributed by atoms with E-state index in [4.69, 9.17) is 9.51 Å². The number of hydrogen-bond acceptors (Lipinski definition) is 6. The zero-order valence-electron chi connectivity index (χ0n) is 18.8. The van der Waals surface area contributed by atoms with Gasteiger partial charge in [-0.2, -0.15) is 0 Å². The van der Waals surface area contributed by atoms with E-state index < -0.39 is 5.60 Å². The van der Waals surface area contributed by atoms with Crippen LogP contribution in [0.3, 0.4) is 0 Å². The molecule has 0 spiro atoms. The van der Waals surface area contributed by atoms with Crippen LogP contribution in [0.15, 0.2) is 59.5 Å². The average molecular weight is 446 g/mol. The van der Waals surface area contributed by atoms with Crippen LogP contribution in [0.2, 0.25) is 0 Å². The predicted octanol–water partition coefficient (Wildman–Crippen LogP) is 3.88. The Bertz CT molecular complexity index is 1270. The Balaban J connectivity index is 1.27. The van der Waals surface area contributed by atoms with Crippen LogP contribution < -0.4 is 0 Å². The molecule has 0 aliphatic carbocycles. The molecule has 0 saturated carbocycles. The summed E-state index contributed by atoms with van der Waals surface area (Å²) in [5, 5.41) is 15.2. The largest absolute Gasteiger partial charge is 0.388 e. The lowest BCUT2D eigenvalue weighted by atomic mass is 9.91. The molecule has 4 aromatic rings. The Morgan fingerprint density at radius 2 is 1.91 bits per heavy atom. The van der Waals surface area contributed by atoms with Gasteiger partial charge in [0.25, 0.3) is 5.91 Å². The predicted molar refractivity (Wildman–Crippen MR) is 124 cm³/mol. The minimum absolute atomic E-state index is 0.146. The van der Waals surface area contributed by atoms with Gasteiger partial charge in [-0.1, -0.05) is 19.0 Å². The van der Waals surface area contributed by atoms with Crippen molar-refractivity contribution in [2.75, 3.05) is 13.1 Å². The van der Waals surface area contributed by atoms with Crippen molar-refractivity contribution in [2.45, 2.75) is 44.8 Å². The molecule has 8 nitrogen and oxygen atoms in total. The monoisotopic (exact) mass is 445 g/mol. The highest BCUT2D eigenvalue weighted by Crippen LogP contribution is 2.28. The molecule has 4 aromatic heterocycles. The first kappa shape index (κ1) is 21.3. The van der Waals surface area contributed by atoms with Crippen molar-refractivity contribution in [3.05, 3.63) is 66.4 Å². The second-order valence-corrected chi connectivity index (χ2v) is 9.07. The van der Waals surface area contributed by atoms with Crippen molar-refractivity contribution >= 4 is 16.9 Å². The van der Waals surface area contributed by atoms with Crippen LogP contribution in [-0.4, -0.2) is 54.3 Å². The second kappa shape index (κ2) is 8.44. The standard InChI is InChI=1S/C25H27N5O3/c1-17(2)23-15-21(28-33-23)24(31)29-13-8-25(32,9-14-29)16-30-12-7-20-22(30)4-3-19(27-20)18-5-10-26-11-6-18/h3-7,10-12,15,17,32H,8-9,13-14,16H2,1-2H3. The van der Waals surface area contributed by atoms with Gasteiger partial charge in [0.05, 0.1) is 28.9 Å². The van der Waals surface area contributed by atoms with Crippen molar-refractivity contribution in [1.82, 2.24) is 24.6 Å². The molecule has 8 heteroatoms. The quantitative estimate of drug-likeness (QED) is 0.501. The van der Waals surface area contributed by atoms with E-state index in [-0.39, 0.29) is 11.8 Å². The lowest BCUT2D eigenvalue weighted by Crippen LogP contribution is -2.48. The number of fused-ring (bicyclic) bond motifs is 1. The van der Waals surface area contributed by atoms with E-state index >= 15 is 0 Å². The Hall–Kier alpha value is -3.52. The summed E-state index contributed by atoms with van der Waals surface area (Å²) in [6, 6.07) is 11.6. The summed E-state index contributed by atoms with van der Waals surface area (Å²) in [7, 11) is 0. The molecular formula is C25H27N5O3. The van der Waals surface area contributed by atoms with Crippen LogP contribution in [0.1, 0.15) is 48.9 Å². The van der Waals surface area contributed by atoms with Crippen molar-refractivity contribution in [3.63, 3.8) is 0 Å². The Morgan fingerprint density at radius 3 is 2.61 bits per heavy atom. The molecule has 1 amide bonds. The van der Waals surface area contributed by atoms with Gasteiger partial charge in [-0.3, -0.25) is 9.78 Å². The first-order valence-corrected chi connectivity index (χ1v) is 11.3. The van der Waals surface area contributed by atoms with Crippen LogP contribution in [-0.2, 0) is 6.54 Å². The van der Waals surface area contributed by atoms with E-state index in [1.165, 1.54) is 0 Å². The maximum atomic E-state index is 12.8. The Morgan fingerprint density at radius 1 is 1.15 bits per heavy atom. The number of carbonyl (C=O) groups is 1. The third kappa shape index (κ3) is 4.26. The molecule has 1 aliphatic rings. The first-order chi connectivity index (χ1) is 15.9. The number of amides is 1. The molecule has 5 rings (SSSR count). The molecule has 1 N–H and O–H groups in total. The number of rotatable bonds is 5. The molecule has 0 unspecified atom stereocenters. The summed E-state index contributed by atoms with van der Waals surface area (Å²) in [6.45, 7) is 5.40. The van der Waals surface area contributed by atoms with E-state index in [0.717, 1.165) is 22.3 Å². The third-order valence-corrected chi connectivity index (χ3v) is 6.36. The molecule has 33 heavy (non-hydrogen) atoms. The third-order valence-electron chi connectivity index (χ3n) is 6.36. The van der Waals surface area contributed by atoms with Gasteiger partial charge in [0.2, 0.25) is 0 Å². The molecule has 1 saturated heterocycles. The molecule has 1 aliphatic heterocycles. The molecule has 0 aromatic carbocycles. The van der Waals surface area contributed by atoms with Gasteiger partial charge < -0.3 is 19.1 Å². The normalized spacial score (nSPS) is 15.9. The zero-order valence-corrected chi connectivity index (χ0v) is 18.8. The summed E-state index contributed by atoms with van der Waals surface area (Å²) in [4.78, 5) is 23.4. The summed E-state index contributed by atoms with van der Waals surface area (Å²) in [5.41, 5.74) is 3.21. The Labute approximate surface area is 191 Å². The summed E-state index contributed by atoms with van der Waals surface area (Å²) in [6.07, 6.45) is 6.47. The molecule has 5 heterocycles. The lowest BCUT2D eigenvalue weighted by molar-refractivity contribution is -0.0285. The maximum absolute atomic E-state index is 12.8. The van der Waals surface area contributed by atoms with Crippen molar-refractivity contribution < 1.29 is 14.4 Å². The minimum atomic E-state index is -0.889. The fraction of sp³-hybridized carbons (Fsp3) is 0.360. The van der Waals surface area contributed by atoms with Gasteiger partial charge in [0.15, 0.2) is 5.69 Å². The van der Waals surface area contributed by atoms with E-state index in [1.54, 1.807) is 23.4 Å². The van der Waals surface area contributed by atoms with Gasteiger partial charge >= 0.3 is 0 Å². The fourth-order valence-corrected chi connectivity index (χ4v) is 4.32. The number of aliphatic hydroxyl groups is 1. The highest BCUT2D eigenvalue weighted by atomic mass is 16.5. The van der Waals surface area contributed by atoms with Crippen LogP contribution in [0, 0.1) is 0 Å². The molecule has 0 atom stereocenters. The summed E-state index contributed by atoms with van der Waals surface area (Å²) < 4.78 is 7.31. The summed E-state index contributed by atoms with van der Waals surface area (Å²) in [5.74, 6) is 0.733. The van der Waals surface area contributed by atoms with Gasteiger partial charge in [-0.25, -0.2) is 4.98 Å².